The number of hydrogen-bond donors (Lipinski definition) is 1. The van der Waals surface area contributed by atoms with Crippen LogP contribution < -0.4 is 14.1 Å². The summed E-state index contributed by atoms with van der Waals surface area (Å²) < 4.78 is 83.3. The molecule has 2 atom stereocenters. The number of rotatable bonds is 7. The zero-order valence-corrected chi connectivity index (χ0v) is 16.7. The summed E-state index contributed by atoms with van der Waals surface area (Å²) in [4.78, 5) is 11.6. The van der Waals surface area contributed by atoms with Crippen LogP contribution in [0, 0.1) is 29.1 Å². The van der Waals surface area contributed by atoms with Gasteiger partial charge in [0.1, 0.15) is 11.8 Å². The molecule has 28 heavy (non-hydrogen) atoms. The number of carbonyl (C=O) groups excluding carboxylic acids is 1. The van der Waals surface area contributed by atoms with Gasteiger partial charge in [-0.3, -0.25) is 4.79 Å². The van der Waals surface area contributed by atoms with Gasteiger partial charge in [-0.15, -0.1) is 0 Å². The van der Waals surface area contributed by atoms with E-state index in [1.54, 1.807) is 12.1 Å². The highest BCUT2D eigenvalue weighted by Crippen LogP contribution is 2.41. The molecule has 152 valence electrons. The Morgan fingerprint density at radius 1 is 0.964 bits per heavy atom. The van der Waals surface area contributed by atoms with Crippen LogP contribution in [0.25, 0.3) is 0 Å². The summed E-state index contributed by atoms with van der Waals surface area (Å²) >= 11 is 3.20. The second kappa shape index (κ2) is 9.49. The maximum absolute atomic E-state index is 13.9. The van der Waals surface area contributed by atoms with Crippen LogP contribution in [0.3, 0.4) is 0 Å². The molecule has 2 aromatic carbocycles. The minimum absolute atomic E-state index is 0.141. The Bertz CT molecular complexity index is 842. The summed E-state index contributed by atoms with van der Waals surface area (Å²) in [7, 11) is -1.47. The van der Waals surface area contributed by atoms with E-state index in [2.05, 4.69) is 25.8 Å². The summed E-state index contributed by atoms with van der Waals surface area (Å²) in [5, 5.41) is 2.45. The molecule has 0 aliphatic carbocycles. The summed E-state index contributed by atoms with van der Waals surface area (Å²) in [5.41, 5.74) is 0. The van der Waals surface area contributed by atoms with Crippen molar-refractivity contribution in [1.82, 2.24) is 5.09 Å². The van der Waals surface area contributed by atoms with Crippen LogP contribution in [0.5, 0.6) is 11.5 Å². The van der Waals surface area contributed by atoms with Crippen molar-refractivity contribution in [3.63, 3.8) is 0 Å². The standard InChI is InChI=1S/C16H12BrF5NO4P/c1-7(16(24)25-2)23-28(26-9-5-3-8(17)4-6-9)27-15-13(21)11(19)10(18)12(20)14(15)22/h3-7,23H,1-2H3. The Kier molecular flexibility index (Phi) is 7.56. The molecule has 0 saturated carbocycles. The highest BCUT2D eigenvalue weighted by atomic mass is 79.9. The molecule has 12 heteroatoms. The first-order valence-corrected chi connectivity index (χ1v) is 9.39. The molecule has 0 saturated heterocycles. The van der Waals surface area contributed by atoms with Gasteiger partial charge < -0.3 is 13.8 Å². The lowest BCUT2D eigenvalue weighted by Crippen LogP contribution is -2.33. The fourth-order valence-electron chi connectivity index (χ4n) is 1.80. The summed E-state index contributed by atoms with van der Waals surface area (Å²) in [6, 6.07) is 4.97. The molecule has 2 aromatic rings. The number of nitrogens with one attached hydrogen (secondary N) is 1. The molecule has 0 bridgehead atoms. The first kappa shape index (κ1) is 22.3. The van der Waals surface area contributed by atoms with Crippen molar-refractivity contribution in [3.8, 4) is 11.5 Å². The highest BCUT2D eigenvalue weighted by molar-refractivity contribution is 9.10. The summed E-state index contributed by atoms with van der Waals surface area (Å²) in [5.74, 6) is -13.2. The molecule has 2 unspecified atom stereocenters. The van der Waals surface area contributed by atoms with Crippen LogP contribution in [-0.2, 0) is 9.53 Å². The zero-order valence-electron chi connectivity index (χ0n) is 14.2. The van der Waals surface area contributed by atoms with Gasteiger partial charge >= 0.3 is 14.5 Å². The van der Waals surface area contributed by atoms with Gasteiger partial charge in [0.15, 0.2) is 0 Å². The van der Waals surface area contributed by atoms with Crippen molar-refractivity contribution in [2.24, 2.45) is 0 Å². The van der Waals surface area contributed by atoms with Gasteiger partial charge in [0.25, 0.3) is 0 Å². The van der Waals surface area contributed by atoms with Gasteiger partial charge in [0.2, 0.25) is 34.8 Å². The second-order valence-corrected chi connectivity index (χ2v) is 7.22. The third-order valence-corrected chi connectivity index (χ3v) is 5.05. The molecular formula is C16H12BrF5NO4P. The van der Waals surface area contributed by atoms with E-state index >= 15 is 0 Å². The fraction of sp³-hybridized carbons (Fsp3) is 0.188. The quantitative estimate of drug-likeness (QED) is 0.196. The zero-order chi connectivity index (χ0) is 21.0. The molecule has 0 aromatic heterocycles. The Hall–Kier alpha value is -1.97. The highest BCUT2D eigenvalue weighted by Gasteiger charge is 2.31. The third kappa shape index (κ3) is 5.09. The van der Waals surface area contributed by atoms with E-state index in [1.807, 2.05) is 0 Å². The van der Waals surface area contributed by atoms with Crippen LogP contribution in [0.1, 0.15) is 6.92 Å². The topological polar surface area (TPSA) is 56.8 Å². The van der Waals surface area contributed by atoms with E-state index in [0.29, 0.717) is 4.47 Å². The molecule has 5 nitrogen and oxygen atoms in total. The molecule has 2 rings (SSSR count). The van der Waals surface area contributed by atoms with Gasteiger partial charge in [-0.1, -0.05) is 15.9 Å². The molecule has 1 N–H and O–H groups in total. The largest absolute Gasteiger partial charge is 0.468 e. The normalized spacial score (nSPS) is 13.0. The first-order chi connectivity index (χ1) is 13.1. The summed E-state index contributed by atoms with van der Waals surface area (Å²) in [6.07, 6.45) is 0. The predicted molar refractivity (Wildman–Crippen MR) is 93.2 cm³/mol. The number of carbonyl (C=O) groups is 1. The smallest absolute Gasteiger partial charge is 0.382 e. The van der Waals surface area contributed by atoms with Crippen molar-refractivity contribution in [1.29, 1.82) is 0 Å². The number of ether oxygens (including phenoxy) is 1. The summed E-state index contributed by atoms with van der Waals surface area (Å²) in [6.45, 7) is 1.33. The number of benzene rings is 2. The Labute approximate surface area is 165 Å². The molecule has 0 aliphatic heterocycles. The lowest BCUT2D eigenvalue weighted by atomic mass is 10.3. The SMILES string of the molecule is COC(=O)C(C)NP(Oc1ccc(Br)cc1)Oc1c(F)c(F)c(F)c(F)c1F. The van der Waals surface area contributed by atoms with Crippen molar-refractivity contribution >= 4 is 30.4 Å². The monoisotopic (exact) mass is 487 g/mol. The van der Waals surface area contributed by atoms with E-state index in [4.69, 9.17) is 9.05 Å². The molecule has 0 radical (unpaired) electrons. The van der Waals surface area contributed by atoms with Crippen molar-refractivity contribution < 1.29 is 40.5 Å². The van der Waals surface area contributed by atoms with E-state index in [1.165, 1.54) is 19.1 Å². The van der Waals surface area contributed by atoms with Crippen LogP contribution >= 0.6 is 24.5 Å². The first-order valence-electron chi connectivity index (χ1n) is 7.42. The Morgan fingerprint density at radius 2 is 1.46 bits per heavy atom. The number of esters is 1. The van der Waals surface area contributed by atoms with E-state index < -0.39 is 55.4 Å². The third-order valence-electron chi connectivity index (χ3n) is 3.20. The van der Waals surface area contributed by atoms with Gasteiger partial charge in [-0.2, -0.15) is 8.78 Å². The second-order valence-electron chi connectivity index (χ2n) is 5.17. The molecule has 0 amide bonds. The maximum Gasteiger partial charge on any atom is 0.382 e. The fourth-order valence-corrected chi connectivity index (χ4v) is 3.27. The van der Waals surface area contributed by atoms with Gasteiger partial charge in [-0.05, 0) is 31.2 Å². The molecule has 0 spiro atoms. The van der Waals surface area contributed by atoms with Gasteiger partial charge in [0.05, 0.1) is 7.11 Å². The Morgan fingerprint density at radius 3 is 1.96 bits per heavy atom. The molecule has 0 fully saturated rings. The molecule has 0 aliphatic rings. The van der Waals surface area contributed by atoms with Crippen LogP contribution in [-0.4, -0.2) is 19.1 Å². The lowest BCUT2D eigenvalue weighted by Gasteiger charge is -2.22. The number of methoxy groups -OCH3 is 1. The Balaban J connectivity index is 2.36. The van der Waals surface area contributed by atoms with Crippen molar-refractivity contribution in [2.75, 3.05) is 7.11 Å². The minimum atomic E-state index is -2.57. The minimum Gasteiger partial charge on any atom is -0.468 e. The number of halogens is 6. The van der Waals surface area contributed by atoms with E-state index in [9.17, 15) is 26.7 Å². The van der Waals surface area contributed by atoms with E-state index in [-0.39, 0.29) is 5.75 Å². The molecular weight excluding hydrogens is 476 g/mol. The van der Waals surface area contributed by atoms with E-state index in [0.717, 1.165) is 7.11 Å². The van der Waals surface area contributed by atoms with Crippen LogP contribution in [0.2, 0.25) is 0 Å². The number of hydrogen-bond acceptors (Lipinski definition) is 5. The van der Waals surface area contributed by atoms with Gasteiger partial charge in [-0.25, -0.2) is 18.3 Å². The average molecular weight is 488 g/mol. The van der Waals surface area contributed by atoms with Crippen LogP contribution in [0.15, 0.2) is 28.7 Å². The van der Waals surface area contributed by atoms with Crippen molar-refractivity contribution in [2.45, 2.75) is 13.0 Å². The molecule has 0 heterocycles. The average Bonchev–Trinajstić information content (AvgIpc) is 2.69. The van der Waals surface area contributed by atoms with Crippen LogP contribution in [0.4, 0.5) is 22.0 Å². The maximum atomic E-state index is 13.9. The van der Waals surface area contributed by atoms with Gasteiger partial charge in [0, 0.05) is 4.47 Å². The van der Waals surface area contributed by atoms with Crippen molar-refractivity contribution in [3.05, 3.63) is 57.8 Å². The predicted octanol–water partition coefficient (Wildman–Crippen LogP) is 4.98. The lowest BCUT2D eigenvalue weighted by molar-refractivity contribution is -0.142.